The van der Waals surface area contributed by atoms with Crippen molar-refractivity contribution in [2.24, 2.45) is 0 Å². The summed E-state index contributed by atoms with van der Waals surface area (Å²) in [6.07, 6.45) is 2.38. The van der Waals surface area contributed by atoms with Gasteiger partial charge in [0.1, 0.15) is 0 Å². The number of halogens is 1. The molecule has 2 rings (SSSR count). The molecule has 19 heavy (non-hydrogen) atoms. The average Bonchev–Trinajstić information content (AvgIpc) is 2.77. The Morgan fingerprint density at radius 1 is 1.58 bits per heavy atom. The van der Waals surface area contributed by atoms with Crippen LogP contribution < -0.4 is 5.73 Å². The summed E-state index contributed by atoms with van der Waals surface area (Å²) in [7, 11) is 3.97. The van der Waals surface area contributed by atoms with Crippen LogP contribution in [0.1, 0.15) is 23.2 Å². The molecule has 0 bridgehead atoms. The number of nitrogens with two attached hydrogens (primary N) is 1. The number of benzene rings is 1. The Balaban J connectivity index is 2.03. The van der Waals surface area contributed by atoms with Gasteiger partial charge in [-0.05, 0) is 60.6 Å². The summed E-state index contributed by atoms with van der Waals surface area (Å²) in [6, 6.07) is 5.82. The molecule has 104 valence electrons. The van der Waals surface area contributed by atoms with Crippen molar-refractivity contribution in [3.05, 3.63) is 28.2 Å². The van der Waals surface area contributed by atoms with Crippen LogP contribution >= 0.6 is 15.9 Å². The van der Waals surface area contributed by atoms with Gasteiger partial charge in [0.25, 0.3) is 5.91 Å². The van der Waals surface area contributed by atoms with Crippen molar-refractivity contribution >= 4 is 27.5 Å². The van der Waals surface area contributed by atoms with Crippen LogP contribution in [0.25, 0.3) is 0 Å². The zero-order valence-electron chi connectivity index (χ0n) is 11.4. The summed E-state index contributed by atoms with van der Waals surface area (Å²) in [4.78, 5) is 16.4. The average molecular weight is 326 g/mol. The lowest BCUT2D eigenvalue weighted by Gasteiger charge is -2.26. The molecule has 1 aromatic rings. The Morgan fingerprint density at radius 3 is 2.89 bits per heavy atom. The summed E-state index contributed by atoms with van der Waals surface area (Å²) in [5, 5.41) is 0. The molecule has 0 radical (unpaired) electrons. The number of nitrogens with zero attached hydrogens (tertiary/aromatic N) is 2. The van der Waals surface area contributed by atoms with E-state index < -0.39 is 0 Å². The summed E-state index contributed by atoms with van der Waals surface area (Å²) in [6.45, 7) is 1.89. The van der Waals surface area contributed by atoms with Gasteiger partial charge in [-0.15, -0.1) is 0 Å². The third-order valence-electron chi connectivity index (χ3n) is 3.75. The van der Waals surface area contributed by atoms with Crippen molar-refractivity contribution in [2.45, 2.75) is 18.9 Å². The fourth-order valence-electron chi connectivity index (χ4n) is 2.51. The first-order chi connectivity index (χ1) is 8.99. The van der Waals surface area contributed by atoms with Crippen molar-refractivity contribution in [2.75, 3.05) is 32.9 Å². The van der Waals surface area contributed by atoms with Gasteiger partial charge >= 0.3 is 0 Å². The van der Waals surface area contributed by atoms with Gasteiger partial charge in [0.15, 0.2) is 0 Å². The highest BCUT2D eigenvalue weighted by Gasteiger charge is 2.24. The zero-order valence-corrected chi connectivity index (χ0v) is 13.0. The van der Waals surface area contributed by atoms with E-state index in [1.54, 1.807) is 17.0 Å². The smallest absolute Gasteiger partial charge is 0.253 e. The number of anilines is 1. The lowest BCUT2D eigenvalue weighted by atomic mass is 10.1. The number of hydrogen-bond donors (Lipinski definition) is 1. The van der Waals surface area contributed by atoms with Crippen LogP contribution in [0.2, 0.25) is 0 Å². The minimum absolute atomic E-state index is 0.0273. The number of amides is 1. The van der Waals surface area contributed by atoms with Crippen LogP contribution in [-0.4, -0.2) is 48.9 Å². The topological polar surface area (TPSA) is 49.6 Å². The van der Waals surface area contributed by atoms with Crippen molar-refractivity contribution in [1.29, 1.82) is 0 Å². The van der Waals surface area contributed by atoms with Gasteiger partial charge in [0.05, 0.1) is 0 Å². The van der Waals surface area contributed by atoms with Gasteiger partial charge in [-0.25, -0.2) is 0 Å². The molecule has 1 aliphatic heterocycles. The summed E-state index contributed by atoms with van der Waals surface area (Å²) >= 11 is 3.34. The molecule has 0 spiro atoms. The molecular weight excluding hydrogens is 306 g/mol. The van der Waals surface area contributed by atoms with Gasteiger partial charge in [-0.1, -0.05) is 0 Å². The molecule has 2 N–H and O–H groups in total. The fourth-order valence-corrected chi connectivity index (χ4v) is 2.75. The molecule has 1 aliphatic rings. The van der Waals surface area contributed by atoms with E-state index in [4.69, 9.17) is 5.73 Å². The number of rotatable bonds is 3. The third kappa shape index (κ3) is 3.28. The first-order valence-electron chi connectivity index (χ1n) is 6.50. The van der Waals surface area contributed by atoms with Crippen LogP contribution in [0.5, 0.6) is 0 Å². The highest BCUT2D eigenvalue weighted by molar-refractivity contribution is 9.10. The highest BCUT2D eigenvalue weighted by Crippen LogP contribution is 2.21. The third-order valence-corrected chi connectivity index (χ3v) is 4.47. The van der Waals surface area contributed by atoms with Crippen LogP contribution in [-0.2, 0) is 0 Å². The lowest BCUT2D eigenvalue weighted by Crippen LogP contribution is -2.39. The van der Waals surface area contributed by atoms with E-state index in [9.17, 15) is 4.79 Å². The first kappa shape index (κ1) is 14.3. The molecule has 1 aromatic carbocycles. The van der Waals surface area contributed by atoms with E-state index in [-0.39, 0.29) is 5.91 Å². The number of carbonyl (C=O) groups excluding carboxylic acids is 1. The predicted octanol–water partition coefficient (Wildman–Crippen LogP) is 2.20. The first-order valence-corrected chi connectivity index (χ1v) is 7.29. The van der Waals surface area contributed by atoms with E-state index in [2.05, 4.69) is 27.9 Å². The Kier molecular flexibility index (Phi) is 4.47. The molecule has 4 nitrogen and oxygen atoms in total. The molecule has 0 aliphatic carbocycles. The van der Waals surface area contributed by atoms with Gasteiger partial charge in [0.2, 0.25) is 0 Å². The molecule has 1 fully saturated rings. The number of likely N-dealkylation sites (N-methyl/N-ethyl adjacent to an activating group) is 2. The number of likely N-dealkylation sites (tertiary alicyclic amines) is 1. The Hall–Kier alpha value is -1.07. The molecule has 1 amide bonds. The Bertz CT molecular complexity index is 478. The lowest BCUT2D eigenvalue weighted by molar-refractivity contribution is 0.0761. The molecule has 5 heteroatoms. The summed E-state index contributed by atoms with van der Waals surface area (Å²) in [5.41, 5.74) is 7.06. The number of hydrogen-bond acceptors (Lipinski definition) is 3. The molecule has 1 unspecified atom stereocenters. The zero-order chi connectivity index (χ0) is 14.0. The van der Waals surface area contributed by atoms with Crippen LogP contribution in [0, 0.1) is 0 Å². The van der Waals surface area contributed by atoms with Crippen molar-refractivity contribution in [3.8, 4) is 0 Å². The monoisotopic (exact) mass is 325 g/mol. The van der Waals surface area contributed by atoms with Crippen LogP contribution in [0.4, 0.5) is 5.69 Å². The maximum atomic E-state index is 12.3. The van der Waals surface area contributed by atoms with Gasteiger partial charge in [-0.3, -0.25) is 4.79 Å². The summed E-state index contributed by atoms with van der Waals surface area (Å²) in [5.74, 6) is 0.0273. The SMILES string of the molecule is CN(CC1CCCN1C)C(=O)c1ccc(Br)c(N)c1. The highest BCUT2D eigenvalue weighted by atomic mass is 79.9. The molecule has 1 atom stereocenters. The number of nitrogen functional groups attached to an aromatic ring is 1. The van der Waals surface area contributed by atoms with E-state index >= 15 is 0 Å². The molecule has 1 saturated heterocycles. The Labute approximate surface area is 122 Å². The molecule has 0 aromatic heterocycles. The van der Waals surface area contributed by atoms with Crippen LogP contribution in [0.15, 0.2) is 22.7 Å². The normalized spacial score (nSPS) is 19.6. The van der Waals surface area contributed by atoms with E-state index in [1.165, 1.54) is 6.42 Å². The minimum Gasteiger partial charge on any atom is -0.398 e. The second kappa shape index (κ2) is 5.92. The predicted molar refractivity (Wildman–Crippen MR) is 81.2 cm³/mol. The van der Waals surface area contributed by atoms with Crippen molar-refractivity contribution in [3.63, 3.8) is 0 Å². The minimum atomic E-state index is 0.0273. The van der Waals surface area contributed by atoms with Crippen LogP contribution in [0.3, 0.4) is 0 Å². The van der Waals surface area contributed by atoms with Gasteiger partial charge in [0, 0.05) is 35.4 Å². The van der Waals surface area contributed by atoms with Crippen molar-refractivity contribution < 1.29 is 4.79 Å². The fraction of sp³-hybridized carbons (Fsp3) is 0.500. The van der Waals surface area contributed by atoms with E-state index in [0.717, 1.165) is 24.0 Å². The molecule has 1 heterocycles. The van der Waals surface area contributed by atoms with E-state index in [0.29, 0.717) is 17.3 Å². The molecule has 0 saturated carbocycles. The maximum Gasteiger partial charge on any atom is 0.253 e. The maximum absolute atomic E-state index is 12.3. The van der Waals surface area contributed by atoms with Gasteiger partial charge < -0.3 is 15.5 Å². The second-order valence-corrected chi connectivity index (χ2v) is 6.05. The standard InChI is InChI=1S/C14H20BrN3O/c1-17-7-3-4-11(17)9-18(2)14(19)10-5-6-12(15)13(16)8-10/h5-6,8,11H,3-4,7,9,16H2,1-2H3. The van der Waals surface area contributed by atoms with Crippen molar-refractivity contribution in [1.82, 2.24) is 9.80 Å². The number of carbonyl (C=O) groups is 1. The largest absolute Gasteiger partial charge is 0.398 e. The Morgan fingerprint density at radius 2 is 2.32 bits per heavy atom. The van der Waals surface area contributed by atoms with Gasteiger partial charge in [-0.2, -0.15) is 0 Å². The molecular formula is C14H20BrN3O. The second-order valence-electron chi connectivity index (χ2n) is 5.20. The summed E-state index contributed by atoms with van der Waals surface area (Å²) < 4.78 is 0.822. The van der Waals surface area contributed by atoms with E-state index in [1.807, 2.05) is 13.1 Å². The quantitative estimate of drug-likeness (QED) is 0.867.